The number of nitrogens with one attached hydrogen (secondary N) is 3. The first-order valence-corrected chi connectivity index (χ1v) is 7.10. The SMILES string of the molecule is CNC(=O)c1ccc(NC(=O)Nc2cc(Cl)ccc2Cl)cc1. The number of anilines is 2. The molecule has 0 aliphatic rings. The summed E-state index contributed by atoms with van der Waals surface area (Å²) in [4.78, 5) is 23.3. The summed E-state index contributed by atoms with van der Waals surface area (Å²) in [6.07, 6.45) is 0. The van der Waals surface area contributed by atoms with Crippen molar-refractivity contribution in [3.05, 3.63) is 58.1 Å². The number of carbonyl (C=O) groups is 2. The first kappa shape index (κ1) is 16.1. The van der Waals surface area contributed by atoms with Gasteiger partial charge in [0.15, 0.2) is 0 Å². The van der Waals surface area contributed by atoms with Crippen LogP contribution in [0.3, 0.4) is 0 Å². The molecule has 0 saturated carbocycles. The van der Waals surface area contributed by atoms with Crippen LogP contribution in [0.15, 0.2) is 42.5 Å². The van der Waals surface area contributed by atoms with Crippen LogP contribution in [-0.2, 0) is 0 Å². The number of carbonyl (C=O) groups excluding carboxylic acids is 2. The van der Waals surface area contributed by atoms with Crippen molar-refractivity contribution in [2.45, 2.75) is 0 Å². The van der Waals surface area contributed by atoms with E-state index in [4.69, 9.17) is 23.2 Å². The van der Waals surface area contributed by atoms with Crippen molar-refractivity contribution in [3.8, 4) is 0 Å². The lowest BCUT2D eigenvalue weighted by molar-refractivity contribution is 0.0963. The Kier molecular flexibility index (Phi) is 5.25. The van der Waals surface area contributed by atoms with E-state index in [1.807, 2.05) is 0 Å². The summed E-state index contributed by atoms with van der Waals surface area (Å²) >= 11 is 11.8. The molecule has 0 fully saturated rings. The van der Waals surface area contributed by atoms with E-state index < -0.39 is 6.03 Å². The van der Waals surface area contributed by atoms with Crippen molar-refractivity contribution in [2.24, 2.45) is 0 Å². The molecule has 3 amide bonds. The predicted molar refractivity (Wildman–Crippen MR) is 88.9 cm³/mol. The fourth-order valence-electron chi connectivity index (χ4n) is 1.73. The number of hydrogen-bond acceptors (Lipinski definition) is 2. The van der Waals surface area contributed by atoms with Gasteiger partial charge in [-0.05, 0) is 42.5 Å². The van der Waals surface area contributed by atoms with Crippen LogP contribution in [0.5, 0.6) is 0 Å². The average Bonchev–Trinajstić information content (AvgIpc) is 2.51. The molecule has 0 atom stereocenters. The molecule has 0 unspecified atom stereocenters. The minimum atomic E-state index is -0.461. The molecule has 0 spiro atoms. The summed E-state index contributed by atoms with van der Waals surface area (Å²) in [5, 5.41) is 8.61. The van der Waals surface area contributed by atoms with Gasteiger partial charge in [-0.3, -0.25) is 4.79 Å². The second-order valence-electron chi connectivity index (χ2n) is 4.36. The number of amides is 3. The summed E-state index contributed by atoms with van der Waals surface area (Å²) in [6.45, 7) is 0. The molecule has 0 heterocycles. The van der Waals surface area contributed by atoms with Gasteiger partial charge in [-0.1, -0.05) is 23.2 Å². The van der Waals surface area contributed by atoms with Gasteiger partial charge in [0.2, 0.25) is 0 Å². The Hall–Kier alpha value is -2.24. The Labute approximate surface area is 137 Å². The van der Waals surface area contributed by atoms with E-state index in [1.54, 1.807) is 49.5 Å². The van der Waals surface area contributed by atoms with Crippen molar-refractivity contribution in [1.29, 1.82) is 0 Å². The second-order valence-corrected chi connectivity index (χ2v) is 5.20. The van der Waals surface area contributed by atoms with Crippen molar-refractivity contribution in [1.82, 2.24) is 5.32 Å². The lowest BCUT2D eigenvalue weighted by Crippen LogP contribution is -2.20. The van der Waals surface area contributed by atoms with Gasteiger partial charge in [0.1, 0.15) is 0 Å². The molecule has 22 heavy (non-hydrogen) atoms. The third-order valence-electron chi connectivity index (χ3n) is 2.81. The van der Waals surface area contributed by atoms with Gasteiger partial charge in [-0.15, -0.1) is 0 Å². The van der Waals surface area contributed by atoms with Crippen LogP contribution in [0.1, 0.15) is 10.4 Å². The molecule has 2 aromatic carbocycles. The fraction of sp³-hybridized carbons (Fsp3) is 0.0667. The number of halogens is 2. The van der Waals surface area contributed by atoms with E-state index in [0.29, 0.717) is 27.0 Å². The molecule has 114 valence electrons. The highest BCUT2D eigenvalue weighted by atomic mass is 35.5. The van der Waals surface area contributed by atoms with Crippen molar-refractivity contribution >= 4 is 46.5 Å². The van der Waals surface area contributed by atoms with Crippen LogP contribution < -0.4 is 16.0 Å². The van der Waals surface area contributed by atoms with Gasteiger partial charge < -0.3 is 16.0 Å². The Morgan fingerprint density at radius 1 is 0.955 bits per heavy atom. The topological polar surface area (TPSA) is 70.2 Å². The predicted octanol–water partition coefficient (Wildman–Crippen LogP) is 4.00. The van der Waals surface area contributed by atoms with Gasteiger partial charge in [0.25, 0.3) is 5.91 Å². The zero-order valence-electron chi connectivity index (χ0n) is 11.6. The number of hydrogen-bond donors (Lipinski definition) is 3. The fourth-order valence-corrected chi connectivity index (χ4v) is 2.06. The van der Waals surface area contributed by atoms with Crippen molar-refractivity contribution < 1.29 is 9.59 Å². The number of benzene rings is 2. The zero-order chi connectivity index (χ0) is 16.1. The Bertz CT molecular complexity index is 702. The molecular formula is C15H13Cl2N3O2. The molecule has 7 heteroatoms. The molecule has 0 radical (unpaired) electrons. The molecule has 3 N–H and O–H groups in total. The summed E-state index contributed by atoms with van der Waals surface area (Å²) in [6, 6.07) is 10.8. The molecule has 0 aromatic heterocycles. The Balaban J connectivity index is 2.03. The molecule has 0 aliphatic carbocycles. The summed E-state index contributed by atoms with van der Waals surface area (Å²) in [5.41, 5.74) is 1.46. The molecule has 0 aliphatic heterocycles. The molecular weight excluding hydrogens is 325 g/mol. The van der Waals surface area contributed by atoms with E-state index in [-0.39, 0.29) is 5.91 Å². The van der Waals surface area contributed by atoms with Crippen LogP contribution in [0, 0.1) is 0 Å². The highest BCUT2D eigenvalue weighted by Gasteiger charge is 2.08. The smallest absolute Gasteiger partial charge is 0.323 e. The lowest BCUT2D eigenvalue weighted by Gasteiger charge is -2.09. The molecule has 0 saturated heterocycles. The van der Waals surface area contributed by atoms with Gasteiger partial charge >= 0.3 is 6.03 Å². The monoisotopic (exact) mass is 337 g/mol. The van der Waals surface area contributed by atoms with Gasteiger partial charge in [-0.25, -0.2) is 4.79 Å². The third kappa shape index (κ3) is 4.13. The van der Waals surface area contributed by atoms with Gasteiger partial charge in [-0.2, -0.15) is 0 Å². The number of urea groups is 1. The van der Waals surface area contributed by atoms with E-state index in [0.717, 1.165) is 0 Å². The van der Waals surface area contributed by atoms with Gasteiger partial charge in [0.05, 0.1) is 10.7 Å². The Morgan fingerprint density at radius 2 is 1.64 bits per heavy atom. The molecule has 5 nitrogen and oxygen atoms in total. The van der Waals surface area contributed by atoms with E-state index in [9.17, 15) is 9.59 Å². The maximum Gasteiger partial charge on any atom is 0.323 e. The van der Waals surface area contributed by atoms with Gasteiger partial charge in [0, 0.05) is 23.3 Å². The second kappa shape index (κ2) is 7.15. The molecule has 2 aromatic rings. The normalized spacial score (nSPS) is 9.95. The standard InChI is InChI=1S/C15H13Cl2N3O2/c1-18-14(21)9-2-5-11(6-3-9)19-15(22)20-13-8-10(16)4-7-12(13)17/h2-8H,1H3,(H,18,21)(H2,19,20,22). The van der Waals surface area contributed by atoms with Crippen LogP contribution in [0.25, 0.3) is 0 Å². The minimum absolute atomic E-state index is 0.193. The number of rotatable bonds is 3. The van der Waals surface area contributed by atoms with Crippen LogP contribution in [0.4, 0.5) is 16.2 Å². The highest BCUT2D eigenvalue weighted by Crippen LogP contribution is 2.25. The largest absolute Gasteiger partial charge is 0.355 e. The van der Waals surface area contributed by atoms with Crippen LogP contribution in [-0.4, -0.2) is 19.0 Å². The summed E-state index contributed by atoms with van der Waals surface area (Å²) in [5.74, 6) is -0.193. The molecule has 0 bridgehead atoms. The van der Waals surface area contributed by atoms with Crippen molar-refractivity contribution in [2.75, 3.05) is 17.7 Å². The quantitative estimate of drug-likeness (QED) is 0.792. The molecule has 2 rings (SSSR count). The highest BCUT2D eigenvalue weighted by molar-refractivity contribution is 6.35. The summed E-state index contributed by atoms with van der Waals surface area (Å²) in [7, 11) is 1.55. The van der Waals surface area contributed by atoms with E-state index in [2.05, 4.69) is 16.0 Å². The average molecular weight is 338 g/mol. The van der Waals surface area contributed by atoms with Crippen LogP contribution >= 0.6 is 23.2 Å². The maximum atomic E-state index is 11.9. The maximum absolute atomic E-state index is 11.9. The zero-order valence-corrected chi connectivity index (χ0v) is 13.1. The van der Waals surface area contributed by atoms with E-state index >= 15 is 0 Å². The Morgan fingerprint density at radius 3 is 2.27 bits per heavy atom. The van der Waals surface area contributed by atoms with Crippen molar-refractivity contribution in [3.63, 3.8) is 0 Å². The minimum Gasteiger partial charge on any atom is -0.355 e. The van der Waals surface area contributed by atoms with E-state index in [1.165, 1.54) is 0 Å². The first-order chi connectivity index (χ1) is 10.5. The lowest BCUT2D eigenvalue weighted by atomic mass is 10.2. The first-order valence-electron chi connectivity index (χ1n) is 6.35. The third-order valence-corrected chi connectivity index (χ3v) is 3.37. The summed E-state index contributed by atoms with van der Waals surface area (Å²) < 4.78 is 0. The van der Waals surface area contributed by atoms with Crippen LogP contribution in [0.2, 0.25) is 10.0 Å².